The second kappa shape index (κ2) is 6.69. The number of nitrogens with zero attached hydrogens (tertiary/aromatic N) is 2. The van der Waals surface area contributed by atoms with E-state index in [2.05, 4.69) is 9.97 Å². The van der Waals surface area contributed by atoms with Crippen molar-refractivity contribution in [3.05, 3.63) is 47.8 Å². The van der Waals surface area contributed by atoms with Gasteiger partial charge in [0.15, 0.2) is 0 Å². The summed E-state index contributed by atoms with van der Waals surface area (Å²) in [6.07, 6.45) is 2.53. The Bertz CT molecular complexity index is 613. The monoisotopic (exact) mass is 276 g/mol. The highest BCUT2D eigenvalue weighted by molar-refractivity contribution is 5.93. The van der Waals surface area contributed by atoms with E-state index in [1.54, 1.807) is 0 Å². The lowest BCUT2D eigenvalue weighted by molar-refractivity contribution is 0.0991. The summed E-state index contributed by atoms with van der Waals surface area (Å²) in [5.74, 6) is -1.44. The van der Waals surface area contributed by atoms with E-state index in [9.17, 15) is 9.59 Å². The second-order valence-corrected chi connectivity index (χ2v) is 3.54. The summed E-state index contributed by atoms with van der Waals surface area (Å²) in [6.45, 7) is 0. The first kappa shape index (κ1) is 14.9. The summed E-state index contributed by atoms with van der Waals surface area (Å²) in [5.41, 5.74) is 10.4. The molecule has 2 rings (SSSR count). The van der Waals surface area contributed by atoms with Gasteiger partial charge in [-0.1, -0.05) is 0 Å². The number of hydrogen-bond acceptors (Lipinski definition) is 6. The van der Waals surface area contributed by atoms with Gasteiger partial charge in [0, 0.05) is 30.1 Å². The number of nitrogens with two attached hydrogens (primary N) is 2. The molecule has 0 aliphatic carbocycles. The fraction of sp³-hybridized carbons (Fsp3) is 0. The van der Waals surface area contributed by atoms with E-state index in [0.717, 1.165) is 0 Å². The van der Waals surface area contributed by atoms with Crippen molar-refractivity contribution in [2.45, 2.75) is 0 Å². The van der Waals surface area contributed by atoms with E-state index in [4.69, 9.17) is 21.7 Å². The van der Waals surface area contributed by atoms with Gasteiger partial charge >= 0.3 is 0 Å². The minimum atomic E-state index is -0.572. The van der Waals surface area contributed by atoms with Gasteiger partial charge in [0.2, 0.25) is 23.6 Å². The number of carbonyl (C=O) groups is 2. The Balaban J connectivity index is 0.000000200. The van der Waals surface area contributed by atoms with Gasteiger partial charge in [-0.25, -0.2) is 9.97 Å². The van der Waals surface area contributed by atoms with Crippen molar-refractivity contribution in [3.8, 4) is 11.8 Å². The molecule has 2 aromatic heterocycles. The third-order valence-electron chi connectivity index (χ3n) is 2.06. The van der Waals surface area contributed by atoms with Gasteiger partial charge < -0.3 is 21.7 Å². The Morgan fingerprint density at radius 2 is 1.55 bits per heavy atom. The summed E-state index contributed by atoms with van der Waals surface area (Å²) in [5, 5.41) is 17.4. The molecule has 0 unspecified atom stereocenters. The predicted molar refractivity (Wildman–Crippen MR) is 68.8 cm³/mol. The molecule has 8 nitrogen and oxygen atoms in total. The van der Waals surface area contributed by atoms with E-state index >= 15 is 0 Å². The van der Waals surface area contributed by atoms with E-state index in [-0.39, 0.29) is 22.9 Å². The maximum absolute atomic E-state index is 10.4. The topological polar surface area (TPSA) is 152 Å². The first-order valence-electron chi connectivity index (χ1n) is 5.30. The van der Waals surface area contributed by atoms with Crippen LogP contribution in [0.15, 0.2) is 36.7 Å². The van der Waals surface area contributed by atoms with Crippen LogP contribution in [-0.4, -0.2) is 32.0 Å². The van der Waals surface area contributed by atoms with Crippen molar-refractivity contribution in [2.75, 3.05) is 0 Å². The quantitative estimate of drug-likeness (QED) is 0.594. The molecular weight excluding hydrogens is 264 g/mol. The Kier molecular flexibility index (Phi) is 4.98. The van der Waals surface area contributed by atoms with E-state index in [1.165, 1.54) is 36.7 Å². The van der Waals surface area contributed by atoms with Crippen LogP contribution in [0, 0.1) is 0 Å². The summed E-state index contributed by atoms with van der Waals surface area (Å²) in [6, 6.07) is 5.36. The van der Waals surface area contributed by atoms with E-state index < -0.39 is 11.8 Å². The minimum Gasteiger partial charge on any atom is -0.493 e. The molecule has 0 saturated carbocycles. The Hall–Kier alpha value is -3.16. The van der Waals surface area contributed by atoms with Crippen LogP contribution in [0.25, 0.3) is 0 Å². The molecule has 0 spiro atoms. The van der Waals surface area contributed by atoms with Crippen LogP contribution in [0.2, 0.25) is 0 Å². The summed E-state index contributed by atoms with van der Waals surface area (Å²) < 4.78 is 0. The number of amides is 2. The number of carbonyl (C=O) groups excluding carboxylic acids is 2. The average molecular weight is 276 g/mol. The SMILES string of the molecule is NC(=O)c1ccc(O)nc1.NC(=O)c1ccnc(O)c1. The number of pyridine rings is 2. The van der Waals surface area contributed by atoms with Crippen LogP contribution in [0.1, 0.15) is 20.7 Å². The largest absolute Gasteiger partial charge is 0.493 e. The van der Waals surface area contributed by atoms with Crippen molar-refractivity contribution in [3.63, 3.8) is 0 Å². The minimum absolute atomic E-state index is 0.120. The highest BCUT2D eigenvalue weighted by Gasteiger charge is 1.99. The van der Waals surface area contributed by atoms with Gasteiger partial charge in [0.25, 0.3) is 0 Å². The number of hydrogen-bond donors (Lipinski definition) is 4. The van der Waals surface area contributed by atoms with Crippen molar-refractivity contribution < 1.29 is 19.8 Å². The van der Waals surface area contributed by atoms with E-state index in [0.29, 0.717) is 0 Å². The molecule has 0 saturated heterocycles. The van der Waals surface area contributed by atoms with Gasteiger partial charge in [-0.05, 0) is 12.1 Å². The highest BCUT2D eigenvalue weighted by atomic mass is 16.3. The molecule has 0 fully saturated rings. The molecule has 20 heavy (non-hydrogen) atoms. The van der Waals surface area contributed by atoms with Crippen LogP contribution in [0.4, 0.5) is 0 Å². The van der Waals surface area contributed by atoms with Crippen molar-refractivity contribution in [1.29, 1.82) is 0 Å². The molecule has 0 bridgehead atoms. The second-order valence-electron chi connectivity index (χ2n) is 3.54. The molecule has 2 heterocycles. The molecule has 0 aliphatic heterocycles. The van der Waals surface area contributed by atoms with Gasteiger partial charge in [-0.3, -0.25) is 9.59 Å². The first-order valence-corrected chi connectivity index (χ1v) is 5.30. The Morgan fingerprint density at radius 1 is 0.900 bits per heavy atom. The van der Waals surface area contributed by atoms with Gasteiger partial charge in [0.05, 0.1) is 5.56 Å². The lowest BCUT2D eigenvalue weighted by Gasteiger charge is -1.92. The fourth-order valence-electron chi connectivity index (χ4n) is 1.10. The molecular formula is C12H12N4O4. The number of rotatable bonds is 2. The fourth-order valence-corrected chi connectivity index (χ4v) is 1.10. The molecule has 2 amide bonds. The third-order valence-corrected chi connectivity index (χ3v) is 2.06. The van der Waals surface area contributed by atoms with Crippen molar-refractivity contribution in [2.24, 2.45) is 11.5 Å². The summed E-state index contributed by atoms with van der Waals surface area (Å²) in [4.78, 5) is 27.8. The van der Waals surface area contributed by atoms with Gasteiger partial charge in [0.1, 0.15) is 0 Å². The first-order chi connectivity index (χ1) is 9.40. The third kappa shape index (κ3) is 4.61. The Morgan fingerprint density at radius 3 is 1.95 bits per heavy atom. The molecule has 0 aromatic carbocycles. The standard InChI is InChI=1S/2C6H6N2O2/c7-6(10)4-1-2-8-5(9)3-4;7-6(10)4-1-2-5(9)8-3-4/h2*1-3H,(H2,7,10)(H,8,9). The zero-order chi connectivity index (χ0) is 15.1. The number of aromatic nitrogens is 2. The molecule has 6 N–H and O–H groups in total. The highest BCUT2D eigenvalue weighted by Crippen LogP contribution is 2.05. The van der Waals surface area contributed by atoms with Crippen LogP contribution in [0.5, 0.6) is 11.8 Å². The van der Waals surface area contributed by atoms with Crippen LogP contribution in [-0.2, 0) is 0 Å². The molecule has 0 radical (unpaired) electrons. The van der Waals surface area contributed by atoms with Gasteiger partial charge in [-0.15, -0.1) is 0 Å². The van der Waals surface area contributed by atoms with E-state index in [1.807, 2.05) is 0 Å². The lowest BCUT2D eigenvalue weighted by atomic mass is 10.2. The summed E-state index contributed by atoms with van der Waals surface area (Å²) in [7, 11) is 0. The molecule has 0 atom stereocenters. The molecule has 0 aliphatic rings. The lowest BCUT2D eigenvalue weighted by Crippen LogP contribution is -2.10. The number of aromatic hydroxyl groups is 2. The normalized spacial score (nSPS) is 9.20. The van der Waals surface area contributed by atoms with Crippen LogP contribution >= 0.6 is 0 Å². The van der Waals surface area contributed by atoms with Crippen molar-refractivity contribution in [1.82, 2.24) is 9.97 Å². The molecule has 8 heteroatoms. The Labute approximate surface area is 113 Å². The van der Waals surface area contributed by atoms with Gasteiger partial charge in [-0.2, -0.15) is 0 Å². The summed E-state index contributed by atoms with van der Waals surface area (Å²) >= 11 is 0. The number of primary amides is 2. The maximum Gasteiger partial charge on any atom is 0.250 e. The smallest absolute Gasteiger partial charge is 0.250 e. The molecule has 2 aromatic rings. The predicted octanol–water partition coefficient (Wildman–Crippen LogP) is -0.228. The van der Waals surface area contributed by atoms with Crippen molar-refractivity contribution >= 4 is 11.8 Å². The zero-order valence-corrected chi connectivity index (χ0v) is 10.2. The van der Waals surface area contributed by atoms with Crippen LogP contribution in [0.3, 0.4) is 0 Å². The maximum atomic E-state index is 10.4. The zero-order valence-electron chi connectivity index (χ0n) is 10.2. The average Bonchev–Trinajstić information content (AvgIpc) is 2.40. The molecule has 104 valence electrons. The van der Waals surface area contributed by atoms with Crippen LogP contribution < -0.4 is 11.5 Å².